The number of amides is 1. The van der Waals surface area contributed by atoms with Crippen LogP contribution in [0.3, 0.4) is 0 Å². The number of nitrogens with one attached hydrogen (secondary N) is 1. The Labute approximate surface area is 208 Å². The Kier molecular flexibility index (Phi) is 7.41. The minimum atomic E-state index is -0.514. The molecule has 0 spiro atoms. The summed E-state index contributed by atoms with van der Waals surface area (Å²) < 4.78 is 12.3. The summed E-state index contributed by atoms with van der Waals surface area (Å²) in [6, 6.07) is 20.2. The molecular formula is C27H27N3O4S. The number of hydrogen-bond acceptors (Lipinski definition) is 6. The number of rotatable bonds is 8. The van der Waals surface area contributed by atoms with Crippen LogP contribution in [0, 0.1) is 0 Å². The van der Waals surface area contributed by atoms with Crippen LogP contribution in [0.15, 0.2) is 76.7 Å². The van der Waals surface area contributed by atoms with Crippen LogP contribution in [0.4, 0.5) is 5.69 Å². The van der Waals surface area contributed by atoms with Gasteiger partial charge in [0.15, 0.2) is 16.7 Å². The number of nitrogens with zero attached hydrogens (tertiary/aromatic N) is 2. The molecular weight excluding hydrogens is 462 g/mol. The monoisotopic (exact) mass is 489 g/mol. The quantitative estimate of drug-likeness (QED) is 0.274. The molecule has 0 aliphatic heterocycles. The van der Waals surface area contributed by atoms with E-state index in [9.17, 15) is 9.59 Å². The van der Waals surface area contributed by atoms with Gasteiger partial charge in [0.25, 0.3) is 5.56 Å². The van der Waals surface area contributed by atoms with Gasteiger partial charge in [-0.25, -0.2) is 4.98 Å². The summed E-state index contributed by atoms with van der Waals surface area (Å²) in [5.41, 5.74) is 2.83. The van der Waals surface area contributed by atoms with E-state index in [1.165, 1.54) is 29.0 Å². The lowest BCUT2D eigenvalue weighted by atomic mass is 10.1. The molecule has 1 heterocycles. The molecule has 4 aromatic rings. The fourth-order valence-corrected chi connectivity index (χ4v) is 4.59. The summed E-state index contributed by atoms with van der Waals surface area (Å²) in [6.07, 6.45) is 0.932. The number of para-hydroxylation sites is 1. The third-order valence-electron chi connectivity index (χ3n) is 5.65. The molecule has 180 valence electrons. The lowest BCUT2D eigenvalue weighted by molar-refractivity contribution is -0.115. The van der Waals surface area contributed by atoms with Crippen LogP contribution in [-0.2, 0) is 11.2 Å². The second-order valence-corrected chi connectivity index (χ2v) is 9.20. The molecule has 1 atom stereocenters. The average molecular weight is 490 g/mol. The molecule has 0 bridgehead atoms. The first-order valence-corrected chi connectivity index (χ1v) is 12.1. The van der Waals surface area contributed by atoms with Gasteiger partial charge in [0.1, 0.15) is 0 Å². The summed E-state index contributed by atoms with van der Waals surface area (Å²) in [6.45, 7) is 3.88. The Morgan fingerprint density at radius 3 is 2.43 bits per heavy atom. The van der Waals surface area contributed by atoms with E-state index < -0.39 is 5.25 Å². The number of benzene rings is 3. The number of hydrogen-bond donors (Lipinski definition) is 1. The van der Waals surface area contributed by atoms with E-state index in [1.54, 1.807) is 50.4 Å². The highest BCUT2D eigenvalue weighted by Crippen LogP contribution is 2.31. The molecule has 0 fully saturated rings. The summed E-state index contributed by atoms with van der Waals surface area (Å²) in [5.74, 6) is 0.858. The first-order valence-electron chi connectivity index (χ1n) is 11.3. The fraction of sp³-hybridized carbons (Fsp3) is 0.222. The number of anilines is 1. The van der Waals surface area contributed by atoms with Gasteiger partial charge in [-0.15, -0.1) is 0 Å². The van der Waals surface area contributed by atoms with Gasteiger partial charge in [-0.05, 0) is 55.3 Å². The van der Waals surface area contributed by atoms with Gasteiger partial charge in [0.05, 0.1) is 36.1 Å². The smallest absolute Gasteiger partial charge is 0.266 e. The maximum Gasteiger partial charge on any atom is 0.266 e. The lowest BCUT2D eigenvalue weighted by Crippen LogP contribution is -2.26. The first kappa shape index (κ1) is 24.3. The van der Waals surface area contributed by atoms with Crippen molar-refractivity contribution in [1.29, 1.82) is 0 Å². The summed E-state index contributed by atoms with van der Waals surface area (Å²) in [7, 11) is 3.09. The number of carbonyl (C=O) groups is 1. The van der Waals surface area contributed by atoms with Crippen molar-refractivity contribution in [1.82, 2.24) is 9.55 Å². The number of carbonyl (C=O) groups excluding carboxylic acids is 1. The van der Waals surface area contributed by atoms with E-state index in [-0.39, 0.29) is 11.5 Å². The van der Waals surface area contributed by atoms with E-state index in [0.29, 0.717) is 33.2 Å². The highest BCUT2D eigenvalue weighted by Gasteiger charge is 2.21. The van der Waals surface area contributed by atoms with E-state index in [0.717, 1.165) is 12.1 Å². The highest BCUT2D eigenvalue weighted by atomic mass is 32.2. The van der Waals surface area contributed by atoms with Crippen molar-refractivity contribution >= 4 is 34.3 Å². The Balaban J connectivity index is 1.72. The molecule has 0 radical (unpaired) electrons. The molecule has 4 rings (SSSR count). The molecule has 0 aliphatic rings. The topological polar surface area (TPSA) is 82.5 Å². The maximum atomic E-state index is 13.5. The number of ether oxygens (including phenoxy) is 2. The summed E-state index contributed by atoms with van der Waals surface area (Å²) in [4.78, 5) is 31.2. The second-order valence-electron chi connectivity index (χ2n) is 7.89. The molecule has 7 nitrogen and oxygen atoms in total. The number of aryl methyl sites for hydroxylation is 1. The Morgan fingerprint density at radius 1 is 1.03 bits per heavy atom. The number of fused-ring (bicyclic) bond motifs is 1. The highest BCUT2D eigenvalue weighted by molar-refractivity contribution is 8.00. The van der Waals surface area contributed by atoms with E-state index in [1.807, 2.05) is 30.3 Å². The fourth-order valence-electron chi connectivity index (χ4n) is 3.66. The van der Waals surface area contributed by atoms with Crippen molar-refractivity contribution < 1.29 is 14.3 Å². The molecule has 1 amide bonds. The van der Waals surface area contributed by atoms with Gasteiger partial charge in [-0.3, -0.25) is 14.2 Å². The van der Waals surface area contributed by atoms with E-state index >= 15 is 0 Å². The van der Waals surface area contributed by atoms with Gasteiger partial charge in [0.2, 0.25) is 5.91 Å². The average Bonchev–Trinajstić information content (AvgIpc) is 2.89. The third kappa shape index (κ3) is 5.17. The molecule has 0 saturated heterocycles. The molecule has 1 unspecified atom stereocenters. The third-order valence-corrected chi connectivity index (χ3v) is 6.70. The minimum absolute atomic E-state index is 0.180. The van der Waals surface area contributed by atoms with E-state index in [2.05, 4.69) is 12.2 Å². The predicted molar refractivity (Wildman–Crippen MR) is 140 cm³/mol. The van der Waals surface area contributed by atoms with Crippen LogP contribution >= 0.6 is 11.8 Å². The molecule has 1 aromatic heterocycles. The van der Waals surface area contributed by atoms with Crippen molar-refractivity contribution in [2.45, 2.75) is 30.7 Å². The van der Waals surface area contributed by atoms with Crippen molar-refractivity contribution in [3.05, 3.63) is 82.6 Å². The van der Waals surface area contributed by atoms with Crippen molar-refractivity contribution in [2.75, 3.05) is 19.5 Å². The van der Waals surface area contributed by atoms with Crippen LogP contribution < -0.4 is 20.3 Å². The summed E-state index contributed by atoms with van der Waals surface area (Å²) >= 11 is 1.22. The van der Waals surface area contributed by atoms with Crippen LogP contribution in [0.25, 0.3) is 16.6 Å². The van der Waals surface area contributed by atoms with Gasteiger partial charge in [0, 0.05) is 11.8 Å². The molecule has 1 N–H and O–H groups in total. The van der Waals surface area contributed by atoms with E-state index in [4.69, 9.17) is 14.5 Å². The van der Waals surface area contributed by atoms with Crippen LogP contribution in [-0.4, -0.2) is 34.9 Å². The molecule has 0 saturated carbocycles. The first-order chi connectivity index (χ1) is 16.9. The Hall–Kier alpha value is -3.78. The number of thioether (sulfide) groups is 1. The van der Waals surface area contributed by atoms with Crippen LogP contribution in [0.5, 0.6) is 11.5 Å². The predicted octanol–water partition coefficient (Wildman–Crippen LogP) is 5.08. The van der Waals surface area contributed by atoms with Crippen molar-refractivity contribution in [3.8, 4) is 17.2 Å². The number of aromatic nitrogens is 2. The zero-order valence-electron chi connectivity index (χ0n) is 20.1. The Morgan fingerprint density at radius 2 is 1.74 bits per heavy atom. The lowest BCUT2D eigenvalue weighted by Gasteiger charge is -2.17. The van der Waals surface area contributed by atoms with Gasteiger partial charge >= 0.3 is 0 Å². The normalized spacial score (nSPS) is 11.8. The molecule has 3 aromatic carbocycles. The molecule has 35 heavy (non-hydrogen) atoms. The molecule has 8 heteroatoms. The van der Waals surface area contributed by atoms with Gasteiger partial charge < -0.3 is 14.8 Å². The van der Waals surface area contributed by atoms with Gasteiger partial charge in [-0.2, -0.15) is 0 Å². The zero-order valence-corrected chi connectivity index (χ0v) is 20.9. The standard InChI is InChI=1S/C27H27N3O4S/c1-5-18-10-12-19(13-11-18)28-25(31)17(2)35-27-29-22-9-7-6-8-21(22)26(32)30(27)20-14-15-23(33-3)24(16-20)34-4/h6-17H,5H2,1-4H3,(H,28,31). The molecule has 0 aliphatic carbocycles. The SMILES string of the molecule is CCc1ccc(NC(=O)C(C)Sc2nc3ccccc3c(=O)n2-c2ccc(OC)c(OC)c2)cc1. The van der Waals surface area contributed by atoms with Crippen LogP contribution in [0.1, 0.15) is 19.4 Å². The minimum Gasteiger partial charge on any atom is -0.493 e. The van der Waals surface area contributed by atoms with Crippen molar-refractivity contribution in [3.63, 3.8) is 0 Å². The largest absolute Gasteiger partial charge is 0.493 e. The van der Waals surface area contributed by atoms with Crippen LogP contribution in [0.2, 0.25) is 0 Å². The zero-order chi connectivity index (χ0) is 24.9. The Bertz CT molecular complexity index is 1420. The maximum absolute atomic E-state index is 13.5. The summed E-state index contributed by atoms with van der Waals surface area (Å²) in [5, 5.41) is 3.33. The number of methoxy groups -OCH3 is 2. The second kappa shape index (κ2) is 10.7. The van der Waals surface area contributed by atoms with Crippen molar-refractivity contribution in [2.24, 2.45) is 0 Å². The van der Waals surface area contributed by atoms with Gasteiger partial charge in [-0.1, -0.05) is 43.0 Å².